The molecular formula is C14H27N3. The van der Waals surface area contributed by atoms with Gasteiger partial charge in [0.15, 0.2) is 0 Å². The number of hydrogen-bond acceptors (Lipinski definition) is 2. The molecule has 2 unspecified atom stereocenters. The average Bonchev–Trinajstić information content (AvgIpc) is 2.74. The molecule has 0 fully saturated rings. The maximum Gasteiger partial charge on any atom is 0.110 e. The van der Waals surface area contributed by atoms with E-state index >= 15 is 0 Å². The second-order valence-electron chi connectivity index (χ2n) is 5.10. The van der Waals surface area contributed by atoms with Crippen LogP contribution in [0.15, 0.2) is 12.4 Å². The molecule has 17 heavy (non-hydrogen) atoms. The summed E-state index contributed by atoms with van der Waals surface area (Å²) in [5.74, 6) is 2.56. The van der Waals surface area contributed by atoms with Crippen LogP contribution in [0.2, 0.25) is 0 Å². The van der Waals surface area contributed by atoms with Crippen LogP contribution in [0.3, 0.4) is 0 Å². The van der Waals surface area contributed by atoms with Crippen molar-refractivity contribution in [3.8, 4) is 0 Å². The molecule has 1 N–H and O–H groups in total. The van der Waals surface area contributed by atoms with Crippen LogP contribution in [0.5, 0.6) is 0 Å². The van der Waals surface area contributed by atoms with Crippen LogP contribution in [0.4, 0.5) is 0 Å². The predicted molar refractivity (Wildman–Crippen MR) is 73.1 cm³/mol. The van der Waals surface area contributed by atoms with Gasteiger partial charge in [0.2, 0.25) is 0 Å². The summed E-state index contributed by atoms with van der Waals surface area (Å²) in [4.78, 5) is 4.47. The first-order valence-corrected chi connectivity index (χ1v) is 6.83. The van der Waals surface area contributed by atoms with Crippen molar-refractivity contribution in [2.45, 2.75) is 53.6 Å². The van der Waals surface area contributed by atoms with E-state index in [4.69, 9.17) is 0 Å². The standard InChI is InChI=1S/C14H27N3/c1-6-15-13(12(5)11(3)4)10-14-16-8-9-17(14)7-2/h8-9,11-13,15H,6-7,10H2,1-5H3. The topological polar surface area (TPSA) is 29.9 Å². The van der Waals surface area contributed by atoms with Crippen LogP contribution >= 0.6 is 0 Å². The van der Waals surface area contributed by atoms with Crippen molar-refractivity contribution in [2.75, 3.05) is 6.54 Å². The monoisotopic (exact) mass is 237 g/mol. The summed E-state index contributed by atoms with van der Waals surface area (Å²) in [5.41, 5.74) is 0. The van der Waals surface area contributed by atoms with Crippen molar-refractivity contribution in [3.63, 3.8) is 0 Å². The predicted octanol–water partition coefficient (Wildman–Crippen LogP) is 2.72. The minimum atomic E-state index is 0.521. The minimum Gasteiger partial charge on any atom is -0.335 e. The first-order valence-electron chi connectivity index (χ1n) is 6.83. The third-order valence-corrected chi connectivity index (χ3v) is 3.70. The summed E-state index contributed by atoms with van der Waals surface area (Å²) in [7, 11) is 0. The molecule has 1 aromatic heterocycles. The van der Waals surface area contributed by atoms with Gasteiger partial charge in [-0.3, -0.25) is 0 Å². The number of aromatic nitrogens is 2. The highest BCUT2D eigenvalue weighted by molar-refractivity contribution is 4.96. The van der Waals surface area contributed by atoms with Crippen molar-refractivity contribution in [3.05, 3.63) is 18.2 Å². The van der Waals surface area contributed by atoms with Gasteiger partial charge in [0.1, 0.15) is 5.82 Å². The van der Waals surface area contributed by atoms with Gasteiger partial charge in [0.05, 0.1) is 0 Å². The molecule has 1 rings (SSSR count). The summed E-state index contributed by atoms with van der Waals surface area (Å²) >= 11 is 0. The Bertz CT molecular complexity index is 317. The summed E-state index contributed by atoms with van der Waals surface area (Å²) in [6.45, 7) is 13.3. The maximum absolute atomic E-state index is 4.47. The van der Waals surface area contributed by atoms with Gasteiger partial charge in [-0.05, 0) is 25.3 Å². The lowest BCUT2D eigenvalue weighted by molar-refractivity contribution is 0.295. The van der Waals surface area contributed by atoms with Gasteiger partial charge >= 0.3 is 0 Å². The molecule has 0 aliphatic rings. The number of likely N-dealkylation sites (N-methyl/N-ethyl adjacent to an activating group) is 1. The Morgan fingerprint density at radius 2 is 2.00 bits per heavy atom. The van der Waals surface area contributed by atoms with E-state index in [0.717, 1.165) is 19.5 Å². The molecule has 0 bridgehead atoms. The van der Waals surface area contributed by atoms with E-state index in [0.29, 0.717) is 17.9 Å². The Labute approximate surface area is 106 Å². The molecule has 0 spiro atoms. The Morgan fingerprint density at radius 3 is 2.53 bits per heavy atom. The molecule has 1 heterocycles. The SMILES string of the molecule is CCNC(Cc1nccn1CC)C(C)C(C)C. The molecule has 0 aliphatic carbocycles. The summed E-state index contributed by atoms with van der Waals surface area (Å²) in [5, 5.41) is 3.60. The quantitative estimate of drug-likeness (QED) is 0.790. The zero-order valence-electron chi connectivity index (χ0n) is 11.9. The lowest BCUT2D eigenvalue weighted by Gasteiger charge is -2.27. The van der Waals surface area contributed by atoms with Gasteiger partial charge in [-0.2, -0.15) is 0 Å². The molecule has 0 amide bonds. The second-order valence-corrected chi connectivity index (χ2v) is 5.10. The number of nitrogens with one attached hydrogen (secondary N) is 1. The third-order valence-electron chi connectivity index (χ3n) is 3.70. The van der Waals surface area contributed by atoms with Gasteiger partial charge < -0.3 is 9.88 Å². The van der Waals surface area contributed by atoms with Crippen molar-refractivity contribution >= 4 is 0 Å². The lowest BCUT2D eigenvalue weighted by atomic mass is 9.88. The fourth-order valence-corrected chi connectivity index (χ4v) is 2.19. The van der Waals surface area contributed by atoms with Crippen LogP contribution in [0.25, 0.3) is 0 Å². The first-order chi connectivity index (χ1) is 8.10. The largest absolute Gasteiger partial charge is 0.335 e. The molecule has 0 saturated carbocycles. The molecule has 0 radical (unpaired) electrons. The molecule has 98 valence electrons. The Morgan fingerprint density at radius 1 is 1.29 bits per heavy atom. The Hall–Kier alpha value is -0.830. The summed E-state index contributed by atoms with van der Waals surface area (Å²) in [6.07, 6.45) is 4.99. The van der Waals surface area contributed by atoms with Crippen molar-refractivity contribution in [2.24, 2.45) is 11.8 Å². The number of imidazole rings is 1. The number of rotatable bonds is 7. The van der Waals surface area contributed by atoms with Gasteiger partial charge in [0, 0.05) is 31.4 Å². The van der Waals surface area contributed by atoms with E-state index in [1.165, 1.54) is 5.82 Å². The Kier molecular flexibility index (Phi) is 5.69. The maximum atomic E-state index is 4.47. The lowest BCUT2D eigenvalue weighted by Crippen LogP contribution is -2.39. The molecule has 1 aromatic rings. The highest BCUT2D eigenvalue weighted by Crippen LogP contribution is 2.17. The zero-order valence-corrected chi connectivity index (χ0v) is 11.9. The average molecular weight is 237 g/mol. The van der Waals surface area contributed by atoms with Crippen LogP contribution in [0, 0.1) is 11.8 Å². The number of hydrogen-bond donors (Lipinski definition) is 1. The normalized spacial score (nSPS) is 15.2. The third kappa shape index (κ3) is 3.84. The molecule has 2 atom stereocenters. The molecule has 3 nitrogen and oxygen atoms in total. The van der Waals surface area contributed by atoms with Crippen molar-refractivity contribution in [1.29, 1.82) is 0 Å². The first kappa shape index (κ1) is 14.2. The van der Waals surface area contributed by atoms with Crippen LogP contribution in [0.1, 0.15) is 40.4 Å². The van der Waals surface area contributed by atoms with Crippen molar-refractivity contribution < 1.29 is 0 Å². The zero-order chi connectivity index (χ0) is 12.8. The van der Waals surface area contributed by atoms with E-state index < -0.39 is 0 Å². The smallest absolute Gasteiger partial charge is 0.110 e. The molecule has 0 aromatic carbocycles. The fourth-order valence-electron chi connectivity index (χ4n) is 2.19. The van der Waals surface area contributed by atoms with Gasteiger partial charge in [0.25, 0.3) is 0 Å². The second kappa shape index (κ2) is 6.80. The number of nitrogens with zero attached hydrogens (tertiary/aromatic N) is 2. The van der Waals surface area contributed by atoms with E-state index in [1.807, 2.05) is 6.20 Å². The highest BCUT2D eigenvalue weighted by atomic mass is 15.1. The van der Waals surface area contributed by atoms with Crippen LogP contribution in [-0.2, 0) is 13.0 Å². The fraction of sp³-hybridized carbons (Fsp3) is 0.786. The molecule has 3 heteroatoms. The molecule has 0 saturated heterocycles. The van der Waals surface area contributed by atoms with Gasteiger partial charge in [-0.25, -0.2) is 4.98 Å². The summed E-state index contributed by atoms with van der Waals surface area (Å²) in [6, 6.07) is 0.521. The minimum absolute atomic E-state index is 0.521. The summed E-state index contributed by atoms with van der Waals surface area (Å²) < 4.78 is 2.23. The van der Waals surface area contributed by atoms with Crippen LogP contribution < -0.4 is 5.32 Å². The van der Waals surface area contributed by atoms with Crippen LogP contribution in [-0.4, -0.2) is 22.1 Å². The van der Waals surface area contributed by atoms with E-state index in [-0.39, 0.29) is 0 Å². The van der Waals surface area contributed by atoms with Gasteiger partial charge in [-0.15, -0.1) is 0 Å². The van der Waals surface area contributed by atoms with E-state index in [2.05, 4.69) is 55.7 Å². The Balaban J connectivity index is 2.72. The highest BCUT2D eigenvalue weighted by Gasteiger charge is 2.21. The van der Waals surface area contributed by atoms with Crippen molar-refractivity contribution in [1.82, 2.24) is 14.9 Å². The van der Waals surface area contributed by atoms with E-state index in [9.17, 15) is 0 Å². The molecular weight excluding hydrogens is 210 g/mol. The van der Waals surface area contributed by atoms with E-state index in [1.54, 1.807) is 0 Å². The molecule has 0 aliphatic heterocycles. The number of aryl methyl sites for hydroxylation is 1. The van der Waals surface area contributed by atoms with Gasteiger partial charge in [-0.1, -0.05) is 27.7 Å².